The third-order valence-electron chi connectivity index (χ3n) is 2.45. The van der Waals surface area contributed by atoms with E-state index < -0.39 is 0 Å². The average Bonchev–Trinajstić information content (AvgIpc) is 2.33. The summed E-state index contributed by atoms with van der Waals surface area (Å²) in [6.07, 6.45) is 3.54. The van der Waals surface area contributed by atoms with Crippen molar-refractivity contribution in [3.05, 3.63) is 24.3 Å². The van der Waals surface area contributed by atoms with E-state index in [1.54, 1.807) is 11.8 Å². The number of carbonyl (C=O) groups is 1. The van der Waals surface area contributed by atoms with Gasteiger partial charge in [0.25, 0.3) is 0 Å². The number of hydrogen-bond acceptors (Lipinski definition) is 3. The Bertz CT molecular complexity index is 368. The minimum absolute atomic E-state index is 0.173. The van der Waals surface area contributed by atoms with Crippen molar-refractivity contribution >= 4 is 29.0 Å². The van der Waals surface area contributed by atoms with Gasteiger partial charge in [-0.3, -0.25) is 4.79 Å². The second-order valence-corrected chi connectivity index (χ2v) is 4.87. The van der Waals surface area contributed by atoms with Crippen LogP contribution in [0.3, 0.4) is 0 Å². The molecule has 0 aliphatic carbocycles. The van der Waals surface area contributed by atoms with Gasteiger partial charge in [-0.15, -0.1) is 0 Å². The number of nitrogens with two attached hydrogens (primary N) is 1. The van der Waals surface area contributed by atoms with Crippen LogP contribution in [0.15, 0.2) is 24.3 Å². The lowest BCUT2D eigenvalue weighted by Crippen LogP contribution is -2.31. The van der Waals surface area contributed by atoms with E-state index in [9.17, 15) is 4.79 Å². The van der Waals surface area contributed by atoms with E-state index in [0.717, 1.165) is 24.4 Å². The molecule has 0 saturated heterocycles. The van der Waals surface area contributed by atoms with Crippen molar-refractivity contribution in [2.45, 2.75) is 19.8 Å². The normalized spacial score (nSPS) is 10.2. The molecule has 0 aromatic heterocycles. The van der Waals surface area contributed by atoms with Crippen LogP contribution < -0.4 is 10.6 Å². The molecule has 4 heteroatoms. The van der Waals surface area contributed by atoms with Crippen molar-refractivity contribution in [3.63, 3.8) is 0 Å². The molecule has 0 spiro atoms. The third kappa shape index (κ3) is 4.30. The van der Waals surface area contributed by atoms with Crippen LogP contribution in [0.2, 0.25) is 0 Å². The fraction of sp³-hybridized carbons (Fsp3) is 0.462. The van der Waals surface area contributed by atoms with Crippen molar-refractivity contribution in [2.75, 3.05) is 29.2 Å². The van der Waals surface area contributed by atoms with Crippen LogP contribution in [-0.2, 0) is 4.79 Å². The molecular weight excluding hydrogens is 232 g/mol. The lowest BCUT2D eigenvalue weighted by atomic mass is 10.2. The zero-order valence-electron chi connectivity index (χ0n) is 10.5. The number of amides is 1. The number of thioether (sulfide) groups is 1. The summed E-state index contributed by atoms with van der Waals surface area (Å²) in [5.74, 6) is 1.04. The zero-order chi connectivity index (χ0) is 12.7. The number of hydrogen-bond donors (Lipinski definition) is 1. The van der Waals surface area contributed by atoms with Gasteiger partial charge >= 0.3 is 0 Å². The number of carbonyl (C=O) groups excluding carboxylic acids is 1. The molecule has 0 fully saturated rings. The Kier molecular flexibility index (Phi) is 5.91. The summed E-state index contributed by atoms with van der Waals surface area (Å²) in [5.41, 5.74) is 7.35. The van der Waals surface area contributed by atoms with Gasteiger partial charge in [0.05, 0.1) is 0 Å². The fourth-order valence-electron chi connectivity index (χ4n) is 1.64. The van der Waals surface area contributed by atoms with Gasteiger partial charge in [0.15, 0.2) is 0 Å². The monoisotopic (exact) mass is 252 g/mol. The summed E-state index contributed by atoms with van der Waals surface area (Å²) >= 11 is 1.69. The SMILES string of the molecule is CCCN(C(=O)CCSC)c1cccc(N)c1. The first-order valence-electron chi connectivity index (χ1n) is 5.84. The van der Waals surface area contributed by atoms with Crippen LogP contribution in [0.4, 0.5) is 11.4 Å². The van der Waals surface area contributed by atoms with Gasteiger partial charge in [-0.25, -0.2) is 0 Å². The topological polar surface area (TPSA) is 46.3 Å². The molecule has 3 nitrogen and oxygen atoms in total. The zero-order valence-corrected chi connectivity index (χ0v) is 11.3. The summed E-state index contributed by atoms with van der Waals surface area (Å²) in [4.78, 5) is 13.9. The summed E-state index contributed by atoms with van der Waals surface area (Å²) in [5, 5.41) is 0. The van der Waals surface area contributed by atoms with E-state index in [1.165, 1.54) is 0 Å². The first-order chi connectivity index (χ1) is 8.19. The maximum atomic E-state index is 12.1. The van der Waals surface area contributed by atoms with Crippen molar-refractivity contribution in [2.24, 2.45) is 0 Å². The van der Waals surface area contributed by atoms with Crippen molar-refractivity contribution in [1.82, 2.24) is 0 Å². The van der Waals surface area contributed by atoms with Gasteiger partial charge in [-0.2, -0.15) is 11.8 Å². The Morgan fingerprint density at radius 2 is 2.24 bits per heavy atom. The van der Waals surface area contributed by atoms with Crippen molar-refractivity contribution in [1.29, 1.82) is 0 Å². The molecule has 17 heavy (non-hydrogen) atoms. The van der Waals surface area contributed by atoms with Gasteiger partial charge in [-0.1, -0.05) is 13.0 Å². The molecule has 0 saturated carbocycles. The highest BCUT2D eigenvalue weighted by Gasteiger charge is 2.14. The summed E-state index contributed by atoms with van der Waals surface area (Å²) in [7, 11) is 0. The van der Waals surface area contributed by atoms with Crippen LogP contribution in [0.25, 0.3) is 0 Å². The minimum atomic E-state index is 0.173. The Morgan fingerprint density at radius 1 is 1.47 bits per heavy atom. The largest absolute Gasteiger partial charge is 0.399 e. The number of benzene rings is 1. The third-order valence-corrected chi connectivity index (χ3v) is 3.06. The van der Waals surface area contributed by atoms with E-state index >= 15 is 0 Å². The van der Waals surface area contributed by atoms with E-state index in [2.05, 4.69) is 6.92 Å². The van der Waals surface area contributed by atoms with E-state index in [0.29, 0.717) is 12.1 Å². The average molecular weight is 252 g/mol. The highest BCUT2D eigenvalue weighted by molar-refractivity contribution is 7.98. The van der Waals surface area contributed by atoms with E-state index in [-0.39, 0.29) is 5.91 Å². The predicted molar refractivity (Wildman–Crippen MR) is 76.5 cm³/mol. The number of nitrogen functional groups attached to an aromatic ring is 1. The first-order valence-corrected chi connectivity index (χ1v) is 7.23. The van der Waals surface area contributed by atoms with Crippen LogP contribution in [0.5, 0.6) is 0 Å². The van der Waals surface area contributed by atoms with Gasteiger partial charge in [0, 0.05) is 30.1 Å². The van der Waals surface area contributed by atoms with E-state index in [4.69, 9.17) is 5.73 Å². The maximum Gasteiger partial charge on any atom is 0.227 e. The molecule has 0 unspecified atom stereocenters. The van der Waals surface area contributed by atoms with Gasteiger partial charge in [0.1, 0.15) is 0 Å². The molecule has 0 aliphatic heterocycles. The number of anilines is 2. The van der Waals surface area contributed by atoms with Crippen LogP contribution in [0.1, 0.15) is 19.8 Å². The van der Waals surface area contributed by atoms with Crippen LogP contribution in [0, 0.1) is 0 Å². The Hall–Kier alpha value is -1.16. The quantitative estimate of drug-likeness (QED) is 0.792. The Balaban J connectivity index is 2.81. The molecule has 1 amide bonds. The fourth-order valence-corrected chi connectivity index (χ4v) is 2.02. The molecule has 94 valence electrons. The second-order valence-electron chi connectivity index (χ2n) is 3.88. The molecule has 1 aromatic rings. The van der Waals surface area contributed by atoms with Gasteiger partial charge < -0.3 is 10.6 Å². The molecule has 2 N–H and O–H groups in total. The minimum Gasteiger partial charge on any atom is -0.399 e. The van der Waals surface area contributed by atoms with E-state index in [1.807, 2.05) is 35.4 Å². The molecule has 0 heterocycles. The molecule has 0 radical (unpaired) electrons. The van der Waals surface area contributed by atoms with Crippen LogP contribution >= 0.6 is 11.8 Å². The lowest BCUT2D eigenvalue weighted by Gasteiger charge is -2.22. The lowest BCUT2D eigenvalue weighted by molar-refractivity contribution is -0.118. The van der Waals surface area contributed by atoms with Crippen LogP contribution in [-0.4, -0.2) is 24.5 Å². The van der Waals surface area contributed by atoms with Gasteiger partial charge in [0.2, 0.25) is 5.91 Å². The molecule has 0 bridgehead atoms. The Labute approximate surface area is 107 Å². The first kappa shape index (κ1) is 13.9. The summed E-state index contributed by atoms with van der Waals surface area (Å²) in [6.45, 7) is 2.82. The molecule has 1 aromatic carbocycles. The van der Waals surface area contributed by atoms with Crippen molar-refractivity contribution in [3.8, 4) is 0 Å². The van der Waals surface area contributed by atoms with Crippen molar-refractivity contribution < 1.29 is 4.79 Å². The maximum absolute atomic E-state index is 12.1. The van der Waals surface area contributed by atoms with Gasteiger partial charge in [-0.05, 0) is 30.9 Å². The number of nitrogens with zero attached hydrogens (tertiary/aromatic N) is 1. The predicted octanol–water partition coefficient (Wildman–Crippen LogP) is 2.76. The molecule has 0 atom stereocenters. The summed E-state index contributed by atoms with van der Waals surface area (Å²) in [6, 6.07) is 7.50. The molecule has 1 rings (SSSR count). The molecule has 0 aliphatic rings. The highest BCUT2D eigenvalue weighted by atomic mass is 32.2. The smallest absolute Gasteiger partial charge is 0.227 e. The Morgan fingerprint density at radius 3 is 2.82 bits per heavy atom. The number of rotatable bonds is 6. The highest BCUT2D eigenvalue weighted by Crippen LogP contribution is 2.19. The standard InChI is InChI=1S/C13H20N2OS/c1-3-8-15(13(16)7-9-17-2)12-6-4-5-11(14)10-12/h4-6,10H,3,7-9,14H2,1-2H3. The summed E-state index contributed by atoms with van der Waals surface area (Å²) < 4.78 is 0. The second kappa shape index (κ2) is 7.22. The molecular formula is C13H20N2OS.